The van der Waals surface area contributed by atoms with E-state index in [0.717, 1.165) is 17.9 Å². The number of aromatic nitrogens is 2. The molecule has 1 saturated heterocycles. The number of benzene rings is 1. The molecule has 0 aliphatic carbocycles. The molecule has 0 atom stereocenters. The molecule has 0 unspecified atom stereocenters. The number of aryl methyl sites for hydroxylation is 1. The zero-order chi connectivity index (χ0) is 16.2. The summed E-state index contributed by atoms with van der Waals surface area (Å²) in [5, 5.41) is 15.0. The maximum absolute atomic E-state index is 12.0. The maximum Gasteiger partial charge on any atom is 0.243 e. The lowest BCUT2D eigenvalue weighted by Crippen LogP contribution is -2.48. The van der Waals surface area contributed by atoms with Crippen molar-refractivity contribution in [1.29, 1.82) is 5.26 Å². The van der Waals surface area contributed by atoms with Gasteiger partial charge in [-0.3, -0.25) is 9.69 Å². The Morgan fingerprint density at radius 1 is 1.30 bits per heavy atom. The molecule has 1 amide bonds. The number of piperazine rings is 1. The number of carbonyl (C=O) groups excluding carboxylic acids is 1. The van der Waals surface area contributed by atoms with Crippen LogP contribution in [0.2, 0.25) is 0 Å². The SMILES string of the molecule is Cc1cc(Nc2ccc(C#N)cc2)nc(N2CCNCC2=O)n1. The number of anilines is 3. The molecule has 1 aliphatic heterocycles. The first-order valence-corrected chi connectivity index (χ1v) is 7.29. The molecule has 2 heterocycles. The summed E-state index contributed by atoms with van der Waals surface area (Å²) in [5.41, 5.74) is 2.19. The monoisotopic (exact) mass is 308 g/mol. The molecule has 0 bridgehead atoms. The molecular formula is C16H16N6O. The lowest BCUT2D eigenvalue weighted by atomic mass is 10.2. The van der Waals surface area contributed by atoms with Gasteiger partial charge in [0.25, 0.3) is 0 Å². The van der Waals surface area contributed by atoms with Crippen molar-refractivity contribution in [3.05, 3.63) is 41.6 Å². The van der Waals surface area contributed by atoms with Crippen molar-refractivity contribution in [2.24, 2.45) is 0 Å². The molecule has 1 aromatic carbocycles. The Labute approximate surface area is 134 Å². The average Bonchev–Trinajstić information content (AvgIpc) is 2.55. The predicted octanol–water partition coefficient (Wildman–Crippen LogP) is 1.34. The van der Waals surface area contributed by atoms with Crippen molar-refractivity contribution in [3.63, 3.8) is 0 Å². The number of nitrogens with zero attached hydrogens (tertiary/aromatic N) is 4. The molecule has 7 heteroatoms. The fraction of sp³-hybridized carbons (Fsp3) is 0.250. The van der Waals surface area contributed by atoms with Gasteiger partial charge in [0.15, 0.2) is 0 Å². The highest BCUT2D eigenvalue weighted by atomic mass is 16.2. The van der Waals surface area contributed by atoms with E-state index in [1.807, 2.05) is 25.1 Å². The lowest BCUT2D eigenvalue weighted by molar-refractivity contribution is -0.118. The van der Waals surface area contributed by atoms with E-state index in [0.29, 0.717) is 30.4 Å². The molecule has 2 N–H and O–H groups in total. The fourth-order valence-electron chi connectivity index (χ4n) is 2.33. The van der Waals surface area contributed by atoms with Gasteiger partial charge in [0.2, 0.25) is 11.9 Å². The first kappa shape index (κ1) is 14.9. The minimum Gasteiger partial charge on any atom is -0.340 e. The Balaban J connectivity index is 1.85. The highest BCUT2D eigenvalue weighted by molar-refractivity contribution is 5.94. The third-order valence-corrected chi connectivity index (χ3v) is 3.46. The van der Waals surface area contributed by atoms with Crippen LogP contribution in [-0.2, 0) is 4.79 Å². The van der Waals surface area contributed by atoms with Gasteiger partial charge in [0.05, 0.1) is 18.2 Å². The topological polar surface area (TPSA) is 93.9 Å². The largest absolute Gasteiger partial charge is 0.340 e. The molecule has 23 heavy (non-hydrogen) atoms. The third-order valence-electron chi connectivity index (χ3n) is 3.46. The van der Waals surface area contributed by atoms with Crippen LogP contribution >= 0.6 is 0 Å². The number of nitrogens with one attached hydrogen (secondary N) is 2. The van der Waals surface area contributed by atoms with E-state index in [4.69, 9.17) is 5.26 Å². The molecule has 7 nitrogen and oxygen atoms in total. The van der Waals surface area contributed by atoms with Crippen LogP contribution in [0.5, 0.6) is 0 Å². The van der Waals surface area contributed by atoms with Gasteiger partial charge in [-0.05, 0) is 31.2 Å². The van der Waals surface area contributed by atoms with Crippen LogP contribution in [0.4, 0.5) is 17.5 Å². The minimum absolute atomic E-state index is 0.0360. The van der Waals surface area contributed by atoms with E-state index in [1.54, 1.807) is 17.0 Å². The van der Waals surface area contributed by atoms with Gasteiger partial charge in [0, 0.05) is 30.5 Å². The normalized spacial score (nSPS) is 14.4. The summed E-state index contributed by atoms with van der Waals surface area (Å²) < 4.78 is 0. The summed E-state index contributed by atoms with van der Waals surface area (Å²) in [5.74, 6) is 0.988. The lowest BCUT2D eigenvalue weighted by Gasteiger charge is -2.26. The van der Waals surface area contributed by atoms with Gasteiger partial charge in [-0.25, -0.2) is 4.98 Å². The molecule has 116 valence electrons. The maximum atomic E-state index is 12.0. The first-order valence-electron chi connectivity index (χ1n) is 7.29. The quantitative estimate of drug-likeness (QED) is 0.888. The van der Waals surface area contributed by atoms with Crippen LogP contribution in [0.15, 0.2) is 30.3 Å². The highest BCUT2D eigenvalue weighted by Gasteiger charge is 2.22. The van der Waals surface area contributed by atoms with E-state index in [-0.39, 0.29) is 5.91 Å². The summed E-state index contributed by atoms with van der Waals surface area (Å²) in [7, 11) is 0. The van der Waals surface area contributed by atoms with E-state index in [1.165, 1.54) is 0 Å². The molecule has 1 fully saturated rings. The summed E-state index contributed by atoms with van der Waals surface area (Å²) in [4.78, 5) is 22.4. The second-order valence-corrected chi connectivity index (χ2v) is 5.23. The van der Waals surface area contributed by atoms with Crippen molar-refractivity contribution in [2.75, 3.05) is 29.9 Å². The van der Waals surface area contributed by atoms with Gasteiger partial charge in [-0.1, -0.05) is 0 Å². The standard InChI is InChI=1S/C16H16N6O/c1-11-8-14(20-13-4-2-12(9-17)3-5-13)21-16(19-11)22-7-6-18-10-15(22)23/h2-5,8,18H,6-7,10H2,1H3,(H,19,20,21). The minimum atomic E-state index is -0.0360. The van der Waals surface area contributed by atoms with Gasteiger partial charge < -0.3 is 10.6 Å². The molecule has 0 radical (unpaired) electrons. The fourth-order valence-corrected chi connectivity index (χ4v) is 2.33. The van der Waals surface area contributed by atoms with Crippen LogP contribution in [0.3, 0.4) is 0 Å². The number of nitriles is 1. The van der Waals surface area contributed by atoms with Crippen LogP contribution in [-0.4, -0.2) is 35.5 Å². The number of rotatable bonds is 3. The van der Waals surface area contributed by atoms with E-state index in [9.17, 15) is 4.79 Å². The summed E-state index contributed by atoms with van der Waals surface area (Å²) in [6, 6.07) is 11.0. The van der Waals surface area contributed by atoms with Crippen molar-refractivity contribution < 1.29 is 4.79 Å². The Bertz CT molecular complexity index is 765. The molecule has 3 rings (SSSR count). The summed E-state index contributed by atoms with van der Waals surface area (Å²) in [6.07, 6.45) is 0. The van der Waals surface area contributed by atoms with Gasteiger partial charge in [0.1, 0.15) is 5.82 Å². The zero-order valence-corrected chi connectivity index (χ0v) is 12.7. The number of amides is 1. The van der Waals surface area contributed by atoms with Crippen molar-refractivity contribution in [3.8, 4) is 6.07 Å². The second-order valence-electron chi connectivity index (χ2n) is 5.23. The van der Waals surface area contributed by atoms with Gasteiger partial charge in [-0.15, -0.1) is 0 Å². The highest BCUT2D eigenvalue weighted by Crippen LogP contribution is 2.19. The first-order chi connectivity index (χ1) is 11.2. The molecule has 1 aliphatic rings. The van der Waals surface area contributed by atoms with Crippen LogP contribution in [0.1, 0.15) is 11.3 Å². The Morgan fingerprint density at radius 3 is 2.78 bits per heavy atom. The molecule has 0 spiro atoms. The summed E-state index contributed by atoms with van der Waals surface area (Å²) in [6.45, 7) is 3.44. The zero-order valence-electron chi connectivity index (χ0n) is 12.7. The molecule has 0 saturated carbocycles. The average molecular weight is 308 g/mol. The van der Waals surface area contributed by atoms with Crippen molar-refractivity contribution in [2.45, 2.75) is 6.92 Å². The van der Waals surface area contributed by atoms with E-state index < -0.39 is 0 Å². The van der Waals surface area contributed by atoms with Gasteiger partial charge in [-0.2, -0.15) is 10.2 Å². The van der Waals surface area contributed by atoms with Crippen LogP contribution in [0.25, 0.3) is 0 Å². The smallest absolute Gasteiger partial charge is 0.243 e. The number of carbonyl (C=O) groups is 1. The predicted molar refractivity (Wildman–Crippen MR) is 86.4 cm³/mol. The Hall–Kier alpha value is -2.98. The second kappa shape index (κ2) is 6.42. The van der Waals surface area contributed by atoms with Crippen LogP contribution in [0, 0.1) is 18.3 Å². The van der Waals surface area contributed by atoms with Gasteiger partial charge >= 0.3 is 0 Å². The van der Waals surface area contributed by atoms with E-state index in [2.05, 4.69) is 26.7 Å². The van der Waals surface area contributed by atoms with Crippen LogP contribution < -0.4 is 15.5 Å². The molecule has 2 aromatic rings. The van der Waals surface area contributed by atoms with Crippen molar-refractivity contribution >= 4 is 23.4 Å². The number of hydrogen-bond acceptors (Lipinski definition) is 6. The molecule has 1 aromatic heterocycles. The molecular weight excluding hydrogens is 292 g/mol. The third kappa shape index (κ3) is 3.44. The van der Waals surface area contributed by atoms with E-state index >= 15 is 0 Å². The summed E-state index contributed by atoms with van der Waals surface area (Å²) >= 11 is 0. The van der Waals surface area contributed by atoms with Crippen molar-refractivity contribution in [1.82, 2.24) is 15.3 Å². The Morgan fingerprint density at radius 2 is 2.09 bits per heavy atom. The Kier molecular flexibility index (Phi) is 4.17. The number of hydrogen-bond donors (Lipinski definition) is 2.